The monoisotopic (exact) mass is 252 g/mol. The highest BCUT2D eigenvalue weighted by Crippen LogP contribution is 2.30. The highest BCUT2D eigenvalue weighted by Gasteiger charge is 2.30. The van der Waals surface area contributed by atoms with E-state index < -0.39 is 22.8 Å². The van der Waals surface area contributed by atoms with Crippen LogP contribution in [-0.2, 0) is 11.0 Å². The summed E-state index contributed by atoms with van der Waals surface area (Å²) in [5, 5.41) is -0.834. The molecular weight excluding hydrogens is 248 g/mol. The molecule has 0 fully saturated rings. The van der Waals surface area contributed by atoms with Gasteiger partial charge in [0.05, 0.1) is 5.56 Å². The standard InChI is InChI=1S/C10H5ClF4O/c11-9(16)4-2-6-1-3-7(5-8(6)12)10(13,14)15/h1-5H. The molecule has 0 saturated carbocycles. The molecule has 0 saturated heterocycles. The molecule has 0 heterocycles. The third-order valence-corrected chi connectivity index (χ3v) is 1.85. The van der Waals surface area contributed by atoms with Crippen LogP contribution >= 0.6 is 11.6 Å². The zero-order valence-corrected chi connectivity index (χ0v) is 8.44. The van der Waals surface area contributed by atoms with Gasteiger partial charge in [-0.05, 0) is 35.9 Å². The maximum absolute atomic E-state index is 13.1. The molecular formula is C10H5ClF4O. The molecule has 0 atom stereocenters. The topological polar surface area (TPSA) is 17.1 Å². The molecule has 1 aromatic rings. The molecule has 0 N–H and O–H groups in total. The van der Waals surface area contributed by atoms with Crippen LogP contribution in [0.2, 0.25) is 0 Å². The van der Waals surface area contributed by atoms with Crippen molar-refractivity contribution in [3.05, 3.63) is 41.2 Å². The Morgan fingerprint density at radius 1 is 1.31 bits per heavy atom. The summed E-state index contributed by atoms with van der Waals surface area (Å²) in [6, 6.07) is 2.01. The average Bonchev–Trinajstić information content (AvgIpc) is 2.14. The van der Waals surface area contributed by atoms with E-state index in [1.165, 1.54) is 0 Å². The van der Waals surface area contributed by atoms with Crippen molar-refractivity contribution < 1.29 is 22.4 Å². The van der Waals surface area contributed by atoms with Gasteiger partial charge in [-0.2, -0.15) is 13.2 Å². The van der Waals surface area contributed by atoms with Gasteiger partial charge >= 0.3 is 6.18 Å². The van der Waals surface area contributed by atoms with Gasteiger partial charge in [0.1, 0.15) is 5.82 Å². The minimum Gasteiger partial charge on any atom is -0.276 e. The van der Waals surface area contributed by atoms with Crippen LogP contribution in [-0.4, -0.2) is 5.24 Å². The third kappa shape index (κ3) is 3.34. The van der Waals surface area contributed by atoms with E-state index in [2.05, 4.69) is 0 Å². The molecule has 1 rings (SSSR count). The number of carbonyl (C=O) groups is 1. The summed E-state index contributed by atoms with van der Waals surface area (Å²) in [7, 11) is 0. The quantitative estimate of drug-likeness (QED) is 0.446. The molecule has 0 aliphatic heterocycles. The van der Waals surface area contributed by atoms with E-state index in [1.54, 1.807) is 0 Å². The van der Waals surface area contributed by atoms with Crippen LogP contribution < -0.4 is 0 Å². The summed E-state index contributed by atoms with van der Waals surface area (Å²) < 4.78 is 49.6. The number of benzene rings is 1. The van der Waals surface area contributed by atoms with E-state index in [1.807, 2.05) is 0 Å². The highest BCUT2D eigenvalue weighted by molar-refractivity contribution is 6.66. The summed E-state index contributed by atoms with van der Waals surface area (Å²) in [4.78, 5) is 10.3. The molecule has 16 heavy (non-hydrogen) atoms. The number of halogens is 5. The molecule has 0 unspecified atom stereocenters. The van der Waals surface area contributed by atoms with E-state index in [0.717, 1.165) is 24.3 Å². The molecule has 86 valence electrons. The number of hydrogen-bond acceptors (Lipinski definition) is 1. The predicted octanol–water partition coefficient (Wildman–Crippen LogP) is 3.62. The fourth-order valence-electron chi connectivity index (χ4n) is 0.994. The second-order valence-electron chi connectivity index (χ2n) is 2.87. The Bertz CT molecular complexity index is 437. The first-order valence-corrected chi connectivity index (χ1v) is 4.43. The number of allylic oxidation sites excluding steroid dienone is 1. The molecule has 0 aromatic heterocycles. The van der Waals surface area contributed by atoms with Crippen LogP contribution in [0.5, 0.6) is 0 Å². The molecule has 1 nitrogen and oxygen atoms in total. The maximum atomic E-state index is 13.1. The molecule has 0 aliphatic carbocycles. The van der Waals surface area contributed by atoms with Crippen molar-refractivity contribution in [3.8, 4) is 0 Å². The van der Waals surface area contributed by atoms with Crippen LogP contribution in [0.1, 0.15) is 11.1 Å². The Hall–Kier alpha value is -1.36. The summed E-state index contributed by atoms with van der Waals surface area (Å²) in [6.45, 7) is 0. The van der Waals surface area contributed by atoms with E-state index in [-0.39, 0.29) is 5.56 Å². The van der Waals surface area contributed by atoms with Crippen molar-refractivity contribution in [1.29, 1.82) is 0 Å². The lowest BCUT2D eigenvalue weighted by Gasteiger charge is -2.07. The highest BCUT2D eigenvalue weighted by atomic mass is 35.5. The summed E-state index contributed by atoms with van der Waals surface area (Å²) in [5.74, 6) is -1.07. The Labute approximate surface area is 93.3 Å². The molecule has 0 bridgehead atoms. The van der Waals surface area contributed by atoms with Gasteiger partial charge in [0.15, 0.2) is 0 Å². The first kappa shape index (κ1) is 12.7. The van der Waals surface area contributed by atoms with Gasteiger partial charge < -0.3 is 0 Å². The van der Waals surface area contributed by atoms with E-state index >= 15 is 0 Å². The van der Waals surface area contributed by atoms with Crippen LogP contribution in [0.15, 0.2) is 24.3 Å². The van der Waals surface area contributed by atoms with Gasteiger partial charge in [0, 0.05) is 5.56 Å². The van der Waals surface area contributed by atoms with Crippen molar-refractivity contribution in [1.82, 2.24) is 0 Å². The summed E-state index contributed by atoms with van der Waals surface area (Å²) in [5.41, 5.74) is -1.22. The van der Waals surface area contributed by atoms with E-state index in [9.17, 15) is 22.4 Å². The fourth-order valence-corrected chi connectivity index (χ4v) is 1.06. The van der Waals surface area contributed by atoms with Gasteiger partial charge in [0.25, 0.3) is 0 Å². The average molecular weight is 253 g/mol. The second-order valence-corrected chi connectivity index (χ2v) is 3.24. The number of carbonyl (C=O) groups excluding carboxylic acids is 1. The van der Waals surface area contributed by atoms with Crippen LogP contribution in [0.4, 0.5) is 17.6 Å². The number of alkyl halides is 3. The maximum Gasteiger partial charge on any atom is 0.416 e. The van der Waals surface area contributed by atoms with Crippen molar-refractivity contribution in [3.63, 3.8) is 0 Å². The van der Waals surface area contributed by atoms with Gasteiger partial charge in [-0.15, -0.1) is 0 Å². The third-order valence-electron chi connectivity index (χ3n) is 1.72. The lowest BCUT2D eigenvalue weighted by molar-refractivity contribution is -0.137. The van der Waals surface area contributed by atoms with Gasteiger partial charge in [-0.1, -0.05) is 6.07 Å². The summed E-state index contributed by atoms with van der Waals surface area (Å²) >= 11 is 4.96. The molecule has 6 heteroatoms. The van der Waals surface area contributed by atoms with Crippen LogP contribution in [0.3, 0.4) is 0 Å². The lowest BCUT2D eigenvalue weighted by Crippen LogP contribution is -2.05. The second kappa shape index (κ2) is 4.65. The Balaban J connectivity index is 3.05. The largest absolute Gasteiger partial charge is 0.416 e. The van der Waals surface area contributed by atoms with Gasteiger partial charge in [-0.3, -0.25) is 4.79 Å². The number of hydrogen-bond donors (Lipinski definition) is 0. The fraction of sp³-hybridized carbons (Fsp3) is 0.100. The summed E-state index contributed by atoms with van der Waals surface area (Å²) in [6.07, 6.45) is -2.73. The first-order chi connectivity index (χ1) is 7.30. The van der Waals surface area contributed by atoms with E-state index in [4.69, 9.17) is 11.6 Å². The number of rotatable bonds is 2. The SMILES string of the molecule is O=C(Cl)C=Cc1ccc(C(F)(F)F)cc1F. The van der Waals surface area contributed by atoms with Crippen LogP contribution in [0.25, 0.3) is 6.08 Å². The molecule has 1 aromatic carbocycles. The molecule has 0 aliphatic rings. The minimum atomic E-state index is -4.59. The minimum absolute atomic E-state index is 0.137. The Morgan fingerprint density at radius 3 is 2.38 bits per heavy atom. The van der Waals surface area contributed by atoms with Crippen molar-refractivity contribution in [2.45, 2.75) is 6.18 Å². The Morgan fingerprint density at radius 2 is 1.94 bits per heavy atom. The molecule has 0 amide bonds. The Kier molecular flexibility index (Phi) is 3.70. The van der Waals surface area contributed by atoms with E-state index in [0.29, 0.717) is 6.07 Å². The van der Waals surface area contributed by atoms with Crippen molar-refractivity contribution >= 4 is 22.9 Å². The van der Waals surface area contributed by atoms with Gasteiger partial charge in [-0.25, -0.2) is 4.39 Å². The predicted molar refractivity (Wildman–Crippen MR) is 51.3 cm³/mol. The van der Waals surface area contributed by atoms with Crippen molar-refractivity contribution in [2.24, 2.45) is 0 Å². The lowest BCUT2D eigenvalue weighted by atomic mass is 10.1. The smallest absolute Gasteiger partial charge is 0.276 e. The zero-order chi connectivity index (χ0) is 12.3. The van der Waals surface area contributed by atoms with Crippen LogP contribution in [0, 0.1) is 5.82 Å². The molecule has 0 spiro atoms. The first-order valence-electron chi connectivity index (χ1n) is 4.05. The van der Waals surface area contributed by atoms with Gasteiger partial charge in [0.2, 0.25) is 5.24 Å². The zero-order valence-electron chi connectivity index (χ0n) is 7.68. The van der Waals surface area contributed by atoms with Crippen molar-refractivity contribution in [2.75, 3.05) is 0 Å². The molecule has 0 radical (unpaired) electrons. The normalized spacial score (nSPS) is 12.1.